The molecule has 0 aliphatic carbocycles. The summed E-state index contributed by atoms with van der Waals surface area (Å²) in [5, 5.41) is 5.51. The van der Waals surface area contributed by atoms with Gasteiger partial charge in [0.15, 0.2) is 5.65 Å². The van der Waals surface area contributed by atoms with Crippen molar-refractivity contribution in [1.29, 1.82) is 0 Å². The molecule has 6 nitrogen and oxygen atoms in total. The molecule has 2 aromatic heterocycles. The lowest BCUT2D eigenvalue weighted by Crippen LogP contribution is -2.42. The highest BCUT2D eigenvalue weighted by molar-refractivity contribution is 9.10. The summed E-state index contributed by atoms with van der Waals surface area (Å²) in [6, 6.07) is 2.28. The van der Waals surface area contributed by atoms with Gasteiger partial charge in [-0.3, -0.25) is 0 Å². The number of likely N-dealkylation sites (tertiary alicyclic amines) is 1. The molecule has 0 atom stereocenters. The summed E-state index contributed by atoms with van der Waals surface area (Å²) in [5.74, 6) is 0. The van der Waals surface area contributed by atoms with Crippen molar-refractivity contribution in [2.45, 2.75) is 45.3 Å². The van der Waals surface area contributed by atoms with Crippen LogP contribution in [0.2, 0.25) is 0 Å². The zero-order chi connectivity index (χ0) is 16.6. The van der Waals surface area contributed by atoms with Crippen molar-refractivity contribution in [1.82, 2.24) is 19.7 Å². The number of rotatable bonds is 1. The quantitative estimate of drug-likeness (QED) is 0.755. The highest BCUT2D eigenvalue weighted by Gasteiger charge is 2.28. The van der Waals surface area contributed by atoms with Gasteiger partial charge in [0.05, 0.1) is 12.2 Å². The first-order valence-corrected chi connectivity index (χ1v) is 8.59. The van der Waals surface area contributed by atoms with Gasteiger partial charge in [-0.15, -0.1) is 0 Å². The van der Waals surface area contributed by atoms with E-state index in [4.69, 9.17) is 4.74 Å². The van der Waals surface area contributed by atoms with Crippen LogP contribution in [0.25, 0.3) is 11.0 Å². The van der Waals surface area contributed by atoms with Crippen LogP contribution in [0.4, 0.5) is 4.79 Å². The molecule has 1 amide bonds. The van der Waals surface area contributed by atoms with Gasteiger partial charge in [-0.05, 0) is 55.6 Å². The molecule has 1 aliphatic rings. The molecule has 0 unspecified atom stereocenters. The smallest absolute Gasteiger partial charge is 0.410 e. The van der Waals surface area contributed by atoms with E-state index in [0.29, 0.717) is 13.1 Å². The SMILES string of the molecule is CC(C)(C)OC(=O)N1CCC(n2ncc3cc(Br)cnc32)CC1. The van der Waals surface area contributed by atoms with E-state index >= 15 is 0 Å². The van der Waals surface area contributed by atoms with Gasteiger partial charge in [-0.25, -0.2) is 14.5 Å². The second-order valence-electron chi connectivity index (χ2n) is 6.85. The van der Waals surface area contributed by atoms with Crippen molar-refractivity contribution >= 4 is 33.1 Å². The molecule has 2 aromatic rings. The lowest BCUT2D eigenvalue weighted by atomic mass is 10.1. The van der Waals surface area contributed by atoms with Crippen LogP contribution in [0, 0.1) is 0 Å². The zero-order valence-electron chi connectivity index (χ0n) is 13.6. The van der Waals surface area contributed by atoms with Crippen molar-refractivity contribution in [2.24, 2.45) is 0 Å². The number of aromatic nitrogens is 3. The maximum atomic E-state index is 12.1. The van der Waals surface area contributed by atoms with Crippen LogP contribution in [-0.2, 0) is 4.74 Å². The molecule has 124 valence electrons. The summed E-state index contributed by atoms with van der Waals surface area (Å²) in [7, 11) is 0. The second kappa shape index (κ2) is 6.11. The Balaban J connectivity index is 1.67. The number of halogens is 1. The van der Waals surface area contributed by atoms with E-state index in [1.807, 2.05) is 37.7 Å². The minimum Gasteiger partial charge on any atom is -0.444 e. The number of hydrogen-bond donors (Lipinski definition) is 0. The van der Waals surface area contributed by atoms with E-state index in [-0.39, 0.29) is 12.1 Å². The van der Waals surface area contributed by atoms with Crippen molar-refractivity contribution in [3.8, 4) is 0 Å². The van der Waals surface area contributed by atoms with Gasteiger partial charge in [-0.2, -0.15) is 5.10 Å². The molecule has 3 rings (SSSR count). The Morgan fingerprint density at radius 3 is 2.65 bits per heavy atom. The number of carbonyl (C=O) groups excluding carboxylic acids is 1. The van der Waals surface area contributed by atoms with Gasteiger partial charge in [-0.1, -0.05) is 0 Å². The van der Waals surface area contributed by atoms with E-state index in [2.05, 4.69) is 26.0 Å². The summed E-state index contributed by atoms with van der Waals surface area (Å²) in [6.45, 7) is 7.01. The molecule has 0 saturated carbocycles. The number of ether oxygens (including phenoxy) is 1. The number of carbonyl (C=O) groups is 1. The van der Waals surface area contributed by atoms with E-state index in [0.717, 1.165) is 28.3 Å². The fourth-order valence-electron chi connectivity index (χ4n) is 2.80. The Bertz CT molecular complexity index is 714. The molecule has 0 spiro atoms. The maximum absolute atomic E-state index is 12.1. The standard InChI is InChI=1S/C16H21BrN4O2/c1-16(2,3)23-15(22)20-6-4-13(5-7-20)21-14-11(9-19-21)8-12(17)10-18-14/h8-10,13H,4-7H2,1-3H3. The molecule has 1 fully saturated rings. The van der Waals surface area contributed by atoms with Crippen molar-refractivity contribution in [3.05, 3.63) is 22.9 Å². The summed E-state index contributed by atoms with van der Waals surface area (Å²) in [6.07, 6.45) is 5.11. The van der Waals surface area contributed by atoms with Crippen LogP contribution in [0.15, 0.2) is 22.9 Å². The van der Waals surface area contributed by atoms with E-state index < -0.39 is 5.60 Å². The maximum Gasteiger partial charge on any atom is 0.410 e. The van der Waals surface area contributed by atoms with Gasteiger partial charge in [0.1, 0.15) is 5.60 Å². The Labute approximate surface area is 143 Å². The topological polar surface area (TPSA) is 60.2 Å². The molecule has 7 heteroatoms. The minimum atomic E-state index is -0.455. The molecule has 1 aliphatic heterocycles. The fraction of sp³-hybridized carbons (Fsp3) is 0.562. The monoisotopic (exact) mass is 380 g/mol. The Morgan fingerprint density at radius 2 is 2.00 bits per heavy atom. The van der Waals surface area contributed by atoms with Crippen LogP contribution < -0.4 is 0 Å². The van der Waals surface area contributed by atoms with Crippen LogP contribution >= 0.6 is 15.9 Å². The third-order valence-electron chi connectivity index (χ3n) is 3.86. The Morgan fingerprint density at radius 1 is 1.30 bits per heavy atom. The Kier molecular flexibility index (Phi) is 4.31. The number of piperidine rings is 1. The first-order valence-electron chi connectivity index (χ1n) is 7.80. The van der Waals surface area contributed by atoms with Crippen molar-refractivity contribution in [3.63, 3.8) is 0 Å². The molecule has 0 radical (unpaired) electrons. The number of pyridine rings is 1. The van der Waals surface area contributed by atoms with Gasteiger partial charge in [0, 0.05) is 29.1 Å². The van der Waals surface area contributed by atoms with Gasteiger partial charge in [0.25, 0.3) is 0 Å². The molecule has 1 saturated heterocycles. The molecule has 0 aromatic carbocycles. The summed E-state index contributed by atoms with van der Waals surface area (Å²) in [4.78, 5) is 18.4. The molecule has 0 bridgehead atoms. The lowest BCUT2D eigenvalue weighted by molar-refractivity contribution is 0.0186. The van der Waals surface area contributed by atoms with Crippen LogP contribution in [0.5, 0.6) is 0 Å². The van der Waals surface area contributed by atoms with E-state index in [1.54, 1.807) is 11.1 Å². The number of hydrogen-bond acceptors (Lipinski definition) is 4. The number of fused-ring (bicyclic) bond motifs is 1. The predicted molar refractivity (Wildman–Crippen MR) is 91.3 cm³/mol. The average molecular weight is 381 g/mol. The molecule has 23 heavy (non-hydrogen) atoms. The minimum absolute atomic E-state index is 0.233. The molecular weight excluding hydrogens is 360 g/mol. The number of nitrogens with zero attached hydrogens (tertiary/aromatic N) is 4. The van der Waals surface area contributed by atoms with Crippen molar-refractivity contribution < 1.29 is 9.53 Å². The average Bonchev–Trinajstić information content (AvgIpc) is 2.88. The van der Waals surface area contributed by atoms with Crippen LogP contribution in [-0.4, -0.2) is 44.4 Å². The highest BCUT2D eigenvalue weighted by Crippen LogP contribution is 2.27. The fourth-order valence-corrected chi connectivity index (χ4v) is 3.15. The number of amides is 1. The van der Waals surface area contributed by atoms with E-state index in [9.17, 15) is 4.79 Å². The zero-order valence-corrected chi connectivity index (χ0v) is 15.2. The Hall–Kier alpha value is -1.63. The van der Waals surface area contributed by atoms with Gasteiger partial charge in [0.2, 0.25) is 0 Å². The first kappa shape index (κ1) is 16.2. The van der Waals surface area contributed by atoms with E-state index in [1.165, 1.54) is 0 Å². The first-order chi connectivity index (χ1) is 10.8. The van der Waals surface area contributed by atoms with Crippen molar-refractivity contribution in [2.75, 3.05) is 13.1 Å². The molecule has 3 heterocycles. The molecular formula is C16H21BrN4O2. The largest absolute Gasteiger partial charge is 0.444 e. The highest BCUT2D eigenvalue weighted by atomic mass is 79.9. The predicted octanol–water partition coefficient (Wildman–Crippen LogP) is 3.77. The second-order valence-corrected chi connectivity index (χ2v) is 7.77. The summed E-state index contributed by atoms with van der Waals surface area (Å²) < 4.78 is 8.36. The third-order valence-corrected chi connectivity index (χ3v) is 4.30. The normalized spacial score (nSPS) is 16.8. The third kappa shape index (κ3) is 3.65. The van der Waals surface area contributed by atoms with Crippen LogP contribution in [0.1, 0.15) is 39.7 Å². The van der Waals surface area contributed by atoms with Crippen LogP contribution in [0.3, 0.4) is 0 Å². The summed E-state index contributed by atoms with van der Waals surface area (Å²) in [5.41, 5.74) is 0.438. The summed E-state index contributed by atoms with van der Waals surface area (Å²) >= 11 is 3.43. The van der Waals surface area contributed by atoms with Gasteiger partial charge >= 0.3 is 6.09 Å². The molecule has 0 N–H and O–H groups in total. The van der Waals surface area contributed by atoms with Gasteiger partial charge < -0.3 is 9.64 Å². The lowest BCUT2D eigenvalue weighted by Gasteiger charge is -2.33.